The summed E-state index contributed by atoms with van der Waals surface area (Å²) in [5, 5.41) is 9.34. The summed E-state index contributed by atoms with van der Waals surface area (Å²) in [7, 11) is 0. The zero-order valence-electron chi connectivity index (χ0n) is 10.7. The Morgan fingerprint density at radius 3 is 2.76 bits per heavy atom. The van der Waals surface area contributed by atoms with E-state index in [2.05, 4.69) is 32.0 Å². The fourth-order valence-electron chi connectivity index (χ4n) is 2.00. The van der Waals surface area contributed by atoms with E-state index in [0.29, 0.717) is 11.3 Å². The summed E-state index contributed by atoms with van der Waals surface area (Å²) in [6.45, 7) is 0. The van der Waals surface area contributed by atoms with E-state index < -0.39 is 0 Å². The second-order valence-electron chi connectivity index (χ2n) is 4.27. The van der Waals surface area contributed by atoms with Gasteiger partial charge >= 0.3 is 0 Å². The van der Waals surface area contributed by atoms with Gasteiger partial charge in [-0.1, -0.05) is 0 Å². The number of pyridine rings is 2. The molecule has 21 heavy (non-hydrogen) atoms. The van der Waals surface area contributed by atoms with Gasteiger partial charge in [0.25, 0.3) is 0 Å². The summed E-state index contributed by atoms with van der Waals surface area (Å²) >= 11 is 4.99. The Bertz CT molecular complexity index is 837. The highest BCUT2D eigenvalue weighted by atomic mass is 79.9. The number of anilines is 1. The Kier molecular flexibility index (Phi) is 3.69. The predicted molar refractivity (Wildman–Crippen MR) is 87.6 cm³/mol. The molecule has 0 aliphatic heterocycles. The standard InChI is InChI=1S/C15H9BrN4S/c16-14-4-3-13(21-14)10-6-12(9-2-1-5-19-8-9)20-15(18)11(10)7-17/h1-6,8H,(H2,18,20). The molecule has 4 nitrogen and oxygen atoms in total. The average molecular weight is 357 g/mol. The summed E-state index contributed by atoms with van der Waals surface area (Å²) in [4.78, 5) is 9.37. The van der Waals surface area contributed by atoms with Gasteiger partial charge in [0.05, 0.1) is 9.48 Å². The van der Waals surface area contributed by atoms with E-state index in [-0.39, 0.29) is 5.82 Å². The smallest absolute Gasteiger partial charge is 0.142 e. The number of halogens is 1. The molecule has 0 spiro atoms. The third kappa shape index (κ3) is 2.66. The molecule has 0 aromatic carbocycles. The van der Waals surface area contributed by atoms with Crippen LogP contribution in [0.4, 0.5) is 5.82 Å². The lowest BCUT2D eigenvalue weighted by Crippen LogP contribution is -1.99. The Hall–Kier alpha value is -2.23. The third-order valence-corrected chi connectivity index (χ3v) is 4.61. The van der Waals surface area contributed by atoms with Crippen LogP contribution < -0.4 is 5.73 Å². The van der Waals surface area contributed by atoms with E-state index in [0.717, 1.165) is 19.8 Å². The fourth-order valence-corrected chi connectivity index (χ4v) is 3.41. The quantitative estimate of drug-likeness (QED) is 0.750. The molecule has 0 unspecified atom stereocenters. The highest BCUT2D eigenvalue weighted by molar-refractivity contribution is 9.11. The van der Waals surface area contributed by atoms with E-state index in [9.17, 15) is 5.26 Å². The van der Waals surface area contributed by atoms with Crippen LogP contribution in [0, 0.1) is 11.3 Å². The minimum absolute atomic E-state index is 0.235. The molecule has 0 aliphatic rings. The lowest BCUT2D eigenvalue weighted by atomic mass is 10.0. The molecule has 102 valence electrons. The van der Waals surface area contributed by atoms with Gasteiger partial charge in [0.2, 0.25) is 0 Å². The van der Waals surface area contributed by atoms with Gasteiger partial charge in [-0.05, 0) is 46.3 Å². The van der Waals surface area contributed by atoms with Gasteiger partial charge in [0, 0.05) is 28.4 Å². The molecule has 3 aromatic heterocycles. The zero-order valence-corrected chi connectivity index (χ0v) is 13.1. The summed E-state index contributed by atoms with van der Waals surface area (Å²) in [5.41, 5.74) is 8.72. The Morgan fingerprint density at radius 2 is 2.14 bits per heavy atom. The topological polar surface area (TPSA) is 75.6 Å². The molecular weight excluding hydrogens is 348 g/mol. The van der Waals surface area contributed by atoms with E-state index in [1.54, 1.807) is 23.7 Å². The summed E-state index contributed by atoms with van der Waals surface area (Å²) in [5.74, 6) is 0.235. The van der Waals surface area contributed by atoms with Crippen LogP contribution in [0.25, 0.3) is 21.7 Å². The van der Waals surface area contributed by atoms with Crippen molar-refractivity contribution in [1.82, 2.24) is 9.97 Å². The van der Waals surface area contributed by atoms with Crippen molar-refractivity contribution < 1.29 is 0 Å². The number of rotatable bonds is 2. The molecule has 3 heterocycles. The summed E-state index contributed by atoms with van der Waals surface area (Å²) < 4.78 is 1.000. The van der Waals surface area contributed by atoms with Crippen molar-refractivity contribution >= 4 is 33.1 Å². The third-order valence-electron chi connectivity index (χ3n) is 2.96. The predicted octanol–water partition coefficient (Wildman–Crippen LogP) is 4.09. The van der Waals surface area contributed by atoms with E-state index in [1.165, 1.54) is 0 Å². The van der Waals surface area contributed by atoms with Crippen LogP contribution >= 0.6 is 27.3 Å². The van der Waals surface area contributed by atoms with Crippen LogP contribution in [0.5, 0.6) is 0 Å². The molecule has 0 saturated carbocycles. The molecule has 0 amide bonds. The molecule has 6 heteroatoms. The van der Waals surface area contributed by atoms with Gasteiger partial charge < -0.3 is 5.73 Å². The van der Waals surface area contributed by atoms with Crippen LogP contribution in [0.15, 0.2) is 46.5 Å². The maximum Gasteiger partial charge on any atom is 0.142 e. The molecule has 2 N–H and O–H groups in total. The summed E-state index contributed by atoms with van der Waals surface area (Å²) in [6, 6.07) is 11.7. The van der Waals surface area contributed by atoms with Crippen molar-refractivity contribution in [3.05, 3.63) is 52.1 Å². The van der Waals surface area contributed by atoms with Crippen LogP contribution in [-0.4, -0.2) is 9.97 Å². The largest absolute Gasteiger partial charge is 0.383 e. The van der Waals surface area contributed by atoms with Crippen molar-refractivity contribution in [3.8, 4) is 27.8 Å². The van der Waals surface area contributed by atoms with Crippen LogP contribution in [0.1, 0.15) is 5.56 Å². The highest BCUT2D eigenvalue weighted by Crippen LogP contribution is 2.36. The lowest BCUT2D eigenvalue weighted by Gasteiger charge is -2.08. The number of nitrogens with two attached hydrogens (primary N) is 1. The van der Waals surface area contributed by atoms with Crippen molar-refractivity contribution in [2.75, 3.05) is 5.73 Å². The molecule has 0 radical (unpaired) electrons. The molecular formula is C15H9BrN4S. The highest BCUT2D eigenvalue weighted by Gasteiger charge is 2.14. The average Bonchev–Trinajstić information content (AvgIpc) is 2.94. The first-order valence-corrected chi connectivity index (χ1v) is 7.66. The number of hydrogen-bond acceptors (Lipinski definition) is 5. The number of hydrogen-bond donors (Lipinski definition) is 1. The van der Waals surface area contributed by atoms with Crippen molar-refractivity contribution in [1.29, 1.82) is 5.26 Å². The van der Waals surface area contributed by atoms with Gasteiger partial charge in [-0.15, -0.1) is 11.3 Å². The van der Waals surface area contributed by atoms with Crippen molar-refractivity contribution in [2.45, 2.75) is 0 Å². The number of nitrogens with zero attached hydrogens (tertiary/aromatic N) is 3. The molecule has 0 bridgehead atoms. The molecule has 0 aliphatic carbocycles. The maximum atomic E-state index is 9.34. The Balaban J connectivity index is 2.23. The minimum Gasteiger partial charge on any atom is -0.383 e. The number of aromatic nitrogens is 2. The second kappa shape index (κ2) is 5.64. The number of thiophene rings is 1. The van der Waals surface area contributed by atoms with Crippen molar-refractivity contribution in [2.24, 2.45) is 0 Å². The van der Waals surface area contributed by atoms with Crippen LogP contribution in [0.3, 0.4) is 0 Å². The Labute approximate surface area is 134 Å². The minimum atomic E-state index is 0.235. The zero-order chi connectivity index (χ0) is 14.8. The Morgan fingerprint density at radius 1 is 1.29 bits per heavy atom. The summed E-state index contributed by atoms with van der Waals surface area (Å²) in [6.07, 6.45) is 3.43. The first kappa shape index (κ1) is 13.7. The number of nitrogen functional groups attached to an aromatic ring is 1. The lowest BCUT2D eigenvalue weighted by molar-refractivity contribution is 1.27. The van der Waals surface area contributed by atoms with Gasteiger partial charge in [-0.2, -0.15) is 5.26 Å². The molecule has 3 rings (SSSR count). The van der Waals surface area contributed by atoms with E-state index >= 15 is 0 Å². The monoisotopic (exact) mass is 356 g/mol. The van der Waals surface area contributed by atoms with Gasteiger partial charge in [-0.3, -0.25) is 4.98 Å². The maximum absolute atomic E-state index is 9.34. The molecule has 3 aromatic rings. The van der Waals surface area contributed by atoms with Crippen LogP contribution in [0.2, 0.25) is 0 Å². The fraction of sp³-hybridized carbons (Fsp3) is 0. The molecule has 0 atom stereocenters. The molecule has 0 fully saturated rings. The second-order valence-corrected chi connectivity index (χ2v) is 6.74. The first-order chi connectivity index (χ1) is 10.2. The number of nitriles is 1. The normalized spacial score (nSPS) is 10.3. The molecule has 0 saturated heterocycles. The van der Waals surface area contributed by atoms with Gasteiger partial charge in [0.15, 0.2) is 0 Å². The SMILES string of the molecule is N#Cc1c(-c2ccc(Br)s2)cc(-c2cccnc2)nc1N. The van der Waals surface area contributed by atoms with Gasteiger partial charge in [0.1, 0.15) is 17.5 Å². The first-order valence-electron chi connectivity index (χ1n) is 6.06. The van der Waals surface area contributed by atoms with Crippen LogP contribution in [-0.2, 0) is 0 Å². The van der Waals surface area contributed by atoms with E-state index in [4.69, 9.17) is 5.73 Å². The van der Waals surface area contributed by atoms with Gasteiger partial charge in [-0.25, -0.2) is 4.98 Å². The van der Waals surface area contributed by atoms with E-state index in [1.807, 2.05) is 30.3 Å². The van der Waals surface area contributed by atoms with Crippen molar-refractivity contribution in [3.63, 3.8) is 0 Å².